The van der Waals surface area contributed by atoms with Gasteiger partial charge in [-0.15, -0.1) is 0 Å². The molecule has 1 heterocycles. The van der Waals surface area contributed by atoms with E-state index in [1.807, 2.05) is 0 Å². The summed E-state index contributed by atoms with van der Waals surface area (Å²) in [7, 11) is 0. The number of nitrogens with one attached hydrogen (secondary N) is 1. The zero-order chi connectivity index (χ0) is 9.52. The summed E-state index contributed by atoms with van der Waals surface area (Å²) in [6.07, 6.45) is 7.55. The lowest BCUT2D eigenvalue weighted by atomic mass is 10.2. The SMILES string of the molecule is CCC(CC)NCc1cnccn1. The molecule has 1 aromatic rings. The summed E-state index contributed by atoms with van der Waals surface area (Å²) in [6.45, 7) is 5.20. The van der Waals surface area contributed by atoms with Gasteiger partial charge in [-0.2, -0.15) is 0 Å². The molecule has 1 N–H and O–H groups in total. The van der Waals surface area contributed by atoms with Gasteiger partial charge in [0.15, 0.2) is 0 Å². The fourth-order valence-corrected chi connectivity index (χ4v) is 1.25. The molecule has 13 heavy (non-hydrogen) atoms. The molecule has 0 amide bonds. The minimum atomic E-state index is 0.599. The summed E-state index contributed by atoms with van der Waals surface area (Å²) >= 11 is 0. The first kappa shape index (κ1) is 10.1. The Balaban J connectivity index is 2.34. The first-order valence-electron chi connectivity index (χ1n) is 4.85. The Morgan fingerprint density at radius 1 is 1.31 bits per heavy atom. The second-order valence-electron chi connectivity index (χ2n) is 3.09. The fourth-order valence-electron chi connectivity index (χ4n) is 1.25. The van der Waals surface area contributed by atoms with Gasteiger partial charge in [-0.25, -0.2) is 0 Å². The molecule has 1 rings (SSSR count). The lowest BCUT2D eigenvalue weighted by Crippen LogP contribution is -2.27. The van der Waals surface area contributed by atoms with Crippen LogP contribution in [0.2, 0.25) is 0 Å². The molecule has 3 heteroatoms. The van der Waals surface area contributed by atoms with Crippen LogP contribution in [0.25, 0.3) is 0 Å². The van der Waals surface area contributed by atoms with Crippen molar-refractivity contribution in [2.45, 2.75) is 39.3 Å². The van der Waals surface area contributed by atoms with Gasteiger partial charge < -0.3 is 5.32 Å². The highest BCUT2D eigenvalue weighted by Gasteiger charge is 2.01. The van der Waals surface area contributed by atoms with Crippen LogP contribution in [0.4, 0.5) is 0 Å². The summed E-state index contributed by atoms with van der Waals surface area (Å²) < 4.78 is 0. The van der Waals surface area contributed by atoms with Gasteiger partial charge in [-0.05, 0) is 12.8 Å². The number of nitrogens with zero attached hydrogens (tertiary/aromatic N) is 2. The van der Waals surface area contributed by atoms with Crippen molar-refractivity contribution in [1.29, 1.82) is 0 Å². The molecule has 3 nitrogen and oxygen atoms in total. The van der Waals surface area contributed by atoms with Gasteiger partial charge in [0.05, 0.1) is 5.69 Å². The average molecular weight is 179 g/mol. The normalized spacial score (nSPS) is 10.7. The van der Waals surface area contributed by atoms with Crippen molar-refractivity contribution < 1.29 is 0 Å². The van der Waals surface area contributed by atoms with E-state index in [0.29, 0.717) is 6.04 Å². The third-order valence-electron chi connectivity index (χ3n) is 2.17. The van der Waals surface area contributed by atoms with Crippen molar-refractivity contribution in [3.63, 3.8) is 0 Å². The maximum absolute atomic E-state index is 4.19. The Hall–Kier alpha value is -0.960. The van der Waals surface area contributed by atoms with Crippen molar-refractivity contribution in [1.82, 2.24) is 15.3 Å². The van der Waals surface area contributed by atoms with E-state index in [1.165, 1.54) is 0 Å². The van der Waals surface area contributed by atoms with Crippen molar-refractivity contribution in [3.05, 3.63) is 24.3 Å². The van der Waals surface area contributed by atoms with Crippen LogP contribution >= 0.6 is 0 Å². The third-order valence-corrected chi connectivity index (χ3v) is 2.17. The van der Waals surface area contributed by atoms with Crippen LogP contribution in [-0.2, 0) is 6.54 Å². The van der Waals surface area contributed by atoms with Crippen LogP contribution in [0.15, 0.2) is 18.6 Å². The molecular formula is C10H17N3. The molecule has 0 radical (unpaired) electrons. The van der Waals surface area contributed by atoms with Crippen LogP contribution in [0.3, 0.4) is 0 Å². The molecule has 0 atom stereocenters. The summed E-state index contributed by atoms with van der Waals surface area (Å²) in [5, 5.41) is 3.43. The van der Waals surface area contributed by atoms with Crippen LogP contribution in [0, 0.1) is 0 Å². The van der Waals surface area contributed by atoms with Crippen molar-refractivity contribution in [3.8, 4) is 0 Å². The monoisotopic (exact) mass is 179 g/mol. The molecule has 0 aliphatic carbocycles. The molecule has 0 aliphatic heterocycles. The number of rotatable bonds is 5. The van der Waals surface area contributed by atoms with Crippen LogP contribution in [-0.4, -0.2) is 16.0 Å². The molecule has 0 unspecified atom stereocenters. The van der Waals surface area contributed by atoms with Gasteiger partial charge in [0, 0.05) is 31.2 Å². The van der Waals surface area contributed by atoms with Crippen LogP contribution < -0.4 is 5.32 Å². The molecule has 0 fully saturated rings. The molecule has 0 saturated carbocycles. The molecule has 1 aromatic heterocycles. The zero-order valence-electron chi connectivity index (χ0n) is 8.33. The smallest absolute Gasteiger partial charge is 0.0724 e. The van der Waals surface area contributed by atoms with E-state index in [9.17, 15) is 0 Å². The van der Waals surface area contributed by atoms with Crippen molar-refractivity contribution >= 4 is 0 Å². The molecule has 0 aliphatic rings. The Morgan fingerprint density at radius 2 is 2.08 bits per heavy atom. The van der Waals surface area contributed by atoms with E-state index >= 15 is 0 Å². The second kappa shape index (κ2) is 5.65. The predicted molar refractivity (Wildman–Crippen MR) is 53.2 cm³/mol. The highest BCUT2D eigenvalue weighted by molar-refractivity contribution is 4.94. The molecule has 0 bridgehead atoms. The van der Waals surface area contributed by atoms with Gasteiger partial charge in [0.2, 0.25) is 0 Å². The van der Waals surface area contributed by atoms with E-state index in [-0.39, 0.29) is 0 Å². The zero-order valence-corrected chi connectivity index (χ0v) is 8.33. The topological polar surface area (TPSA) is 37.8 Å². The average Bonchev–Trinajstić information content (AvgIpc) is 2.21. The molecular weight excluding hydrogens is 162 g/mol. The van der Waals surface area contributed by atoms with Gasteiger partial charge in [-0.3, -0.25) is 9.97 Å². The van der Waals surface area contributed by atoms with Gasteiger partial charge in [-0.1, -0.05) is 13.8 Å². The summed E-state index contributed by atoms with van der Waals surface area (Å²) in [5.41, 5.74) is 1.01. The van der Waals surface area contributed by atoms with E-state index in [1.54, 1.807) is 18.6 Å². The van der Waals surface area contributed by atoms with E-state index in [0.717, 1.165) is 25.1 Å². The Morgan fingerprint density at radius 3 is 2.62 bits per heavy atom. The maximum Gasteiger partial charge on any atom is 0.0724 e. The number of hydrogen-bond donors (Lipinski definition) is 1. The largest absolute Gasteiger partial charge is 0.308 e. The minimum absolute atomic E-state index is 0.599. The lowest BCUT2D eigenvalue weighted by molar-refractivity contribution is 0.480. The molecule has 72 valence electrons. The van der Waals surface area contributed by atoms with Crippen LogP contribution in [0.5, 0.6) is 0 Å². The summed E-state index contributed by atoms with van der Waals surface area (Å²) in [6, 6.07) is 0.599. The molecule has 0 saturated heterocycles. The highest BCUT2D eigenvalue weighted by Crippen LogP contribution is 1.98. The van der Waals surface area contributed by atoms with Gasteiger partial charge >= 0.3 is 0 Å². The quantitative estimate of drug-likeness (QED) is 0.748. The van der Waals surface area contributed by atoms with E-state index in [2.05, 4.69) is 29.1 Å². The Bertz CT molecular complexity index is 219. The standard InChI is InChI=1S/C10H17N3/c1-3-9(4-2)13-8-10-7-11-5-6-12-10/h5-7,9,13H,3-4,8H2,1-2H3. The summed E-state index contributed by atoms with van der Waals surface area (Å²) in [4.78, 5) is 8.21. The first-order chi connectivity index (χ1) is 6.36. The highest BCUT2D eigenvalue weighted by atomic mass is 14.9. The van der Waals surface area contributed by atoms with Crippen LogP contribution in [0.1, 0.15) is 32.4 Å². The van der Waals surface area contributed by atoms with E-state index in [4.69, 9.17) is 0 Å². The number of hydrogen-bond acceptors (Lipinski definition) is 3. The van der Waals surface area contributed by atoms with Gasteiger partial charge in [0.25, 0.3) is 0 Å². The molecule has 0 spiro atoms. The predicted octanol–water partition coefficient (Wildman–Crippen LogP) is 1.75. The third kappa shape index (κ3) is 3.51. The van der Waals surface area contributed by atoms with E-state index < -0.39 is 0 Å². The maximum atomic E-state index is 4.19. The summed E-state index contributed by atoms with van der Waals surface area (Å²) in [5.74, 6) is 0. The lowest BCUT2D eigenvalue weighted by Gasteiger charge is -2.13. The number of aromatic nitrogens is 2. The Kier molecular flexibility index (Phi) is 4.40. The Labute approximate surface area is 79.6 Å². The fraction of sp³-hybridized carbons (Fsp3) is 0.600. The van der Waals surface area contributed by atoms with Crippen molar-refractivity contribution in [2.24, 2.45) is 0 Å². The van der Waals surface area contributed by atoms with Crippen molar-refractivity contribution in [2.75, 3.05) is 0 Å². The molecule has 0 aromatic carbocycles. The minimum Gasteiger partial charge on any atom is -0.308 e. The first-order valence-corrected chi connectivity index (χ1v) is 4.85. The van der Waals surface area contributed by atoms with Gasteiger partial charge in [0.1, 0.15) is 0 Å². The second-order valence-corrected chi connectivity index (χ2v) is 3.09.